The molecule has 1 heteroatoms. The van der Waals surface area contributed by atoms with Crippen LogP contribution in [0.25, 0.3) is 32.7 Å². The minimum Gasteiger partial charge on any atom is -0.0616 e. The summed E-state index contributed by atoms with van der Waals surface area (Å²) in [5.74, 6) is 0. The van der Waals surface area contributed by atoms with Gasteiger partial charge in [0.15, 0.2) is 0 Å². The zero-order chi connectivity index (χ0) is 16.7. The molecular weight excluding hydrogens is 307 g/mol. The molecule has 0 aliphatic carbocycles. The van der Waals surface area contributed by atoms with E-state index >= 15 is 0 Å². The van der Waals surface area contributed by atoms with Crippen LogP contribution in [0.3, 0.4) is 0 Å². The minimum atomic E-state index is -1.15. The van der Waals surface area contributed by atoms with Gasteiger partial charge >= 0.3 is 0 Å². The lowest BCUT2D eigenvalue weighted by Crippen LogP contribution is -2.12. The van der Waals surface area contributed by atoms with Crippen molar-refractivity contribution in [1.82, 2.24) is 0 Å². The lowest BCUT2D eigenvalue weighted by molar-refractivity contribution is 1.70. The second-order valence-electron chi connectivity index (χ2n) is 7.22. The van der Waals surface area contributed by atoms with Gasteiger partial charge in [-0.15, -0.1) is 0 Å². The monoisotopic (exact) mass is 329 g/mol. The van der Waals surface area contributed by atoms with E-state index in [1.165, 1.54) is 38.0 Å². The summed E-state index contributed by atoms with van der Waals surface area (Å²) in [6.45, 7) is 7.23. The first-order valence-electron chi connectivity index (χ1n) is 8.37. The van der Waals surface area contributed by atoms with Gasteiger partial charge in [-0.1, -0.05) is 72.8 Å². The number of rotatable bonds is 2. The van der Waals surface area contributed by atoms with E-state index in [2.05, 4.69) is 98.9 Å². The van der Waals surface area contributed by atoms with Crippen LogP contribution in [0.5, 0.6) is 0 Å². The first-order valence-corrected chi connectivity index (χ1v) is 11.5. The van der Waals surface area contributed by atoms with E-state index in [0.717, 1.165) is 0 Å². The summed E-state index contributed by atoms with van der Waals surface area (Å²) in [4.78, 5) is 0. The van der Waals surface area contributed by atoms with Gasteiger partial charge in [0.05, 0.1) is 20.0 Å². The fourth-order valence-corrected chi connectivity index (χ4v) is 4.98. The molecule has 0 unspecified atom stereocenters. The number of benzene rings is 4. The summed E-state index contributed by atoms with van der Waals surface area (Å²) in [6.07, 6.45) is 0. The summed E-state index contributed by atoms with van der Waals surface area (Å²) in [7, 11) is -1.15. The molecule has 0 spiro atoms. The van der Waals surface area contributed by atoms with E-state index in [1.54, 1.807) is 0 Å². The van der Waals surface area contributed by atoms with Gasteiger partial charge in [0.25, 0.3) is 0 Å². The molecule has 0 saturated carbocycles. The van der Waals surface area contributed by atoms with Gasteiger partial charge in [0.2, 0.25) is 0 Å². The van der Waals surface area contributed by atoms with Crippen molar-refractivity contribution in [3.63, 3.8) is 0 Å². The fraction of sp³-hybridized carbons (Fsp3) is 0.130. The molecule has 24 heavy (non-hydrogen) atoms. The van der Waals surface area contributed by atoms with Gasteiger partial charge in [-0.25, -0.2) is 0 Å². The standard InChI is InChI=1S/C23H22P/c1-24(2,3)22-16-15-18-10-5-7-13-20(18)23(22)21-14-8-11-17-9-4-6-12-19(17)21/h4-16H,1-3H3/q+1. The maximum atomic E-state index is 2.41. The Morgan fingerprint density at radius 2 is 1.12 bits per heavy atom. The van der Waals surface area contributed by atoms with Crippen LogP contribution in [0.4, 0.5) is 0 Å². The summed E-state index contributed by atoms with van der Waals surface area (Å²) in [5.41, 5.74) is 2.78. The van der Waals surface area contributed by atoms with Crippen molar-refractivity contribution < 1.29 is 0 Å². The van der Waals surface area contributed by atoms with E-state index in [0.29, 0.717) is 0 Å². The van der Waals surface area contributed by atoms with Gasteiger partial charge in [-0.05, 0) is 33.2 Å². The molecule has 0 aliphatic heterocycles. The van der Waals surface area contributed by atoms with E-state index in [1.807, 2.05) is 0 Å². The SMILES string of the molecule is C[P+](C)(C)c1ccc2ccccc2c1-c1cccc2ccccc12. The Kier molecular flexibility index (Phi) is 3.66. The van der Waals surface area contributed by atoms with Crippen LogP contribution < -0.4 is 5.30 Å². The Labute approximate surface area is 144 Å². The molecule has 4 aromatic rings. The second-order valence-corrected chi connectivity index (χ2v) is 11.7. The van der Waals surface area contributed by atoms with Crippen LogP contribution in [0.2, 0.25) is 0 Å². The molecule has 4 rings (SSSR count). The zero-order valence-corrected chi connectivity index (χ0v) is 15.3. The maximum Gasteiger partial charge on any atom is 0.101 e. The summed E-state index contributed by atoms with van der Waals surface area (Å²) >= 11 is 0. The Morgan fingerprint density at radius 1 is 0.542 bits per heavy atom. The predicted octanol–water partition coefficient (Wildman–Crippen LogP) is 6.19. The lowest BCUT2D eigenvalue weighted by Gasteiger charge is -2.19. The van der Waals surface area contributed by atoms with Gasteiger partial charge < -0.3 is 0 Å². The Morgan fingerprint density at radius 3 is 1.83 bits per heavy atom. The lowest BCUT2D eigenvalue weighted by atomic mass is 9.94. The van der Waals surface area contributed by atoms with E-state index < -0.39 is 7.26 Å². The van der Waals surface area contributed by atoms with Crippen molar-refractivity contribution in [1.29, 1.82) is 0 Å². The molecule has 0 fully saturated rings. The Balaban J connectivity index is 2.18. The molecular formula is C23H22P+. The minimum absolute atomic E-state index is 1.15. The smallest absolute Gasteiger partial charge is 0.0616 e. The predicted molar refractivity (Wildman–Crippen MR) is 111 cm³/mol. The van der Waals surface area contributed by atoms with Crippen molar-refractivity contribution in [3.8, 4) is 11.1 Å². The van der Waals surface area contributed by atoms with Gasteiger partial charge in [0.1, 0.15) is 5.30 Å². The highest BCUT2D eigenvalue weighted by Crippen LogP contribution is 2.49. The molecule has 0 amide bonds. The molecule has 0 N–H and O–H groups in total. The average molecular weight is 329 g/mol. The van der Waals surface area contributed by atoms with Crippen molar-refractivity contribution in [2.24, 2.45) is 0 Å². The first kappa shape index (κ1) is 15.4. The number of hydrogen-bond acceptors (Lipinski definition) is 0. The van der Waals surface area contributed by atoms with E-state index in [-0.39, 0.29) is 0 Å². The normalized spacial score (nSPS) is 12.0. The van der Waals surface area contributed by atoms with Crippen LogP contribution in [-0.4, -0.2) is 20.0 Å². The molecule has 118 valence electrons. The molecule has 0 aliphatic rings. The van der Waals surface area contributed by atoms with Crippen LogP contribution >= 0.6 is 7.26 Å². The number of fused-ring (bicyclic) bond motifs is 2. The van der Waals surface area contributed by atoms with Crippen LogP contribution in [0.15, 0.2) is 78.9 Å². The second kappa shape index (κ2) is 5.72. The van der Waals surface area contributed by atoms with Crippen molar-refractivity contribution in [3.05, 3.63) is 78.9 Å². The molecule has 0 radical (unpaired) electrons. The third-order valence-electron chi connectivity index (χ3n) is 4.69. The van der Waals surface area contributed by atoms with Crippen LogP contribution in [0, 0.1) is 0 Å². The van der Waals surface area contributed by atoms with Gasteiger partial charge in [-0.3, -0.25) is 0 Å². The molecule has 4 aromatic carbocycles. The average Bonchev–Trinajstić information content (AvgIpc) is 2.59. The summed E-state index contributed by atoms with van der Waals surface area (Å²) in [6, 6.07) is 28.8. The highest BCUT2D eigenvalue weighted by atomic mass is 31.2. The highest BCUT2D eigenvalue weighted by Gasteiger charge is 2.27. The van der Waals surface area contributed by atoms with Gasteiger partial charge in [-0.2, -0.15) is 0 Å². The fourth-order valence-electron chi connectivity index (χ4n) is 3.55. The van der Waals surface area contributed by atoms with Crippen molar-refractivity contribution in [2.45, 2.75) is 0 Å². The quantitative estimate of drug-likeness (QED) is 0.385. The molecule has 0 aromatic heterocycles. The maximum absolute atomic E-state index is 2.41. The molecule has 0 nitrogen and oxygen atoms in total. The molecule has 0 atom stereocenters. The topological polar surface area (TPSA) is 0 Å². The Bertz CT molecular complexity index is 1030. The van der Waals surface area contributed by atoms with E-state index in [4.69, 9.17) is 0 Å². The third-order valence-corrected chi connectivity index (χ3v) is 6.51. The van der Waals surface area contributed by atoms with E-state index in [9.17, 15) is 0 Å². The van der Waals surface area contributed by atoms with Crippen molar-refractivity contribution >= 4 is 34.1 Å². The zero-order valence-electron chi connectivity index (χ0n) is 14.5. The molecule has 0 saturated heterocycles. The largest absolute Gasteiger partial charge is 0.101 e. The molecule has 0 bridgehead atoms. The Hall–Kier alpha value is -2.17. The highest BCUT2D eigenvalue weighted by molar-refractivity contribution is 7.81. The van der Waals surface area contributed by atoms with Crippen LogP contribution in [-0.2, 0) is 0 Å². The van der Waals surface area contributed by atoms with Gasteiger partial charge in [0, 0.05) is 12.8 Å². The summed E-state index contributed by atoms with van der Waals surface area (Å²) < 4.78 is 0. The number of hydrogen-bond donors (Lipinski definition) is 0. The van der Waals surface area contributed by atoms with Crippen molar-refractivity contribution in [2.75, 3.05) is 20.0 Å². The summed E-state index contributed by atoms with van der Waals surface area (Å²) in [5, 5.41) is 6.84. The van der Waals surface area contributed by atoms with Crippen LogP contribution in [0.1, 0.15) is 0 Å². The third kappa shape index (κ3) is 2.52. The molecule has 0 heterocycles. The first-order chi connectivity index (χ1) is 11.6.